The highest BCUT2D eigenvalue weighted by Crippen LogP contribution is 2.24. The van der Waals surface area contributed by atoms with Crippen LogP contribution in [0.15, 0.2) is 47.4 Å². The molecule has 0 saturated carbocycles. The molecule has 0 radical (unpaired) electrons. The van der Waals surface area contributed by atoms with Gasteiger partial charge in [-0.05, 0) is 54.7 Å². The van der Waals surface area contributed by atoms with Gasteiger partial charge in [-0.25, -0.2) is 17.9 Å². The third kappa shape index (κ3) is 5.29. The number of rotatable bonds is 6. The van der Waals surface area contributed by atoms with Gasteiger partial charge in [0.15, 0.2) is 0 Å². The first-order valence-electron chi connectivity index (χ1n) is 9.51. The molecule has 29 heavy (non-hydrogen) atoms. The summed E-state index contributed by atoms with van der Waals surface area (Å²) in [5.41, 5.74) is 2.02. The second-order valence-electron chi connectivity index (χ2n) is 7.32. The highest BCUT2D eigenvalue weighted by Gasteiger charge is 2.20. The third-order valence-corrected chi connectivity index (χ3v) is 6.81. The number of hydrogen-bond acceptors (Lipinski definition) is 5. The van der Waals surface area contributed by atoms with E-state index in [0.29, 0.717) is 5.92 Å². The lowest BCUT2D eigenvalue weighted by atomic mass is 9.99. The average molecular weight is 437 g/mol. The summed E-state index contributed by atoms with van der Waals surface area (Å²) in [5, 5.41) is 0.137. The lowest BCUT2D eigenvalue weighted by molar-refractivity contribution is 0.0600. The van der Waals surface area contributed by atoms with Crippen molar-refractivity contribution in [2.75, 3.05) is 25.1 Å². The smallest absolute Gasteiger partial charge is 0.339 e. The molecular weight excluding hydrogens is 412 g/mol. The molecule has 0 unspecified atom stereocenters. The number of benzene rings is 2. The predicted molar refractivity (Wildman–Crippen MR) is 114 cm³/mol. The van der Waals surface area contributed by atoms with E-state index >= 15 is 0 Å². The van der Waals surface area contributed by atoms with Crippen LogP contribution >= 0.6 is 11.6 Å². The molecule has 0 aromatic heterocycles. The van der Waals surface area contributed by atoms with E-state index in [9.17, 15) is 13.2 Å². The highest BCUT2D eigenvalue weighted by molar-refractivity contribution is 7.89. The van der Waals surface area contributed by atoms with Crippen molar-refractivity contribution in [2.24, 2.45) is 5.92 Å². The van der Waals surface area contributed by atoms with E-state index < -0.39 is 16.0 Å². The summed E-state index contributed by atoms with van der Waals surface area (Å²) in [4.78, 5) is 14.1. The summed E-state index contributed by atoms with van der Waals surface area (Å²) in [6.07, 6.45) is 2.45. The monoisotopic (exact) mass is 436 g/mol. The Balaban J connectivity index is 1.68. The molecule has 3 rings (SSSR count). The van der Waals surface area contributed by atoms with Crippen LogP contribution in [-0.2, 0) is 21.3 Å². The van der Waals surface area contributed by atoms with Gasteiger partial charge in [-0.15, -0.1) is 0 Å². The molecule has 0 bridgehead atoms. The largest absolute Gasteiger partial charge is 0.465 e. The fourth-order valence-corrected chi connectivity index (χ4v) is 4.69. The number of methoxy groups -OCH3 is 1. The van der Waals surface area contributed by atoms with E-state index in [1.54, 1.807) is 0 Å². The minimum Gasteiger partial charge on any atom is -0.465 e. The summed E-state index contributed by atoms with van der Waals surface area (Å²) in [7, 11) is -2.59. The number of esters is 1. The normalized spacial score (nSPS) is 17.2. The first kappa shape index (κ1) is 21.6. The molecule has 1 heterocycles. The maximum Gasteiger partial charge on any atom is 0.339 e. The lowest BCUT2D eigenvalue weighted by Gasteiger charge is -2.32. The molecular formula is C21H25ClN2O4S. The van der Waals surface area contributed by atoms with Crippen LogP contribution in [0.1, 0.15) is 35.7 Å². The van der Waals surface area contributed by atoms with Gasteiger partial charge in [0.1, 0.15) is 0 Å². The Labute approximate surface area is 176 Å². The Kier molecular flexibility index (Phi) is 6.82. The van der Waals surface area contributed by atoms with Gasteiger partial charge >= 0.3 is 5.97 Å². The molecule has 0 amide bonds. The molecule has 8 heteroatoms. The van der Waals surface area contributed by atoms with Crippen molar-refractivity contribution in [1.82, 2.24) is 4.72 Å². The van der Waals surface area contributed by atoms with E-state index in [1.807, 2.05) is 24.3 Å². The van der Waals surface area contributed by atoms with Crippen LogP contribution in [0, 0.1) is 5.92 Å². The molecule has 0 aliphatic carbocycles. The van der Waals surface area contributed by atoms with Crippen LogP contribution in [0.2, 0.25) is 5.02 Å². The molecule has 1 aliphatic heterocycles. The second-order valence-corrected chi connectivity index (χ2v) is 9.49. The lowest BCUT2D eigenvalue weighted by Crippen LogP contribution is -2.34. The number of nitrogens with zero attached hydrogens (tertiary/aromatic N) is 1. The molecule has 1 fully saturated rings. The Morgan fingerprint density at radius 2 is 1.97 bits per heavy atom. The van der Waals surface area contributed by atoms with E-state index in [0.717, 1.165) is 24.3 Å². The summed E-state index contributed by atoms with van der Waals surface area (Å²) in [5.74, 6) is -0.000775. The first-order valence-corrected chi connectivity index (χ1v) is 11.4. The molecule has 2 aromatic carbocycles. The number of anilines is 1. The average Bonchev–Trinajstić information content (AvgIpc) is 2.72. The summed E-state index contributed by atoms with van der Waals surface area (Å²) in [6, 6.07) is 11.9. The number of carbonyl (C=O) groups excluding carboxylic acids is 1. The van der Waals surface area contributed by atoms with E-state index in [1.165, 1.54) is 38.2 Å². The summed E-state index contributed by atoms with van der Waals surface area (Å²) >= 11 is 5.96. The van der Waals surface area contributed by atoms with Gasteiger partial charge in [-0.1, -0.05) is 30.7 Å². The van der Waals surface area contributed by atoms with Gasteiger partial charge in [-0.2, -0.15) is 0 Å². The van der Waals surface area contributed by atoms with Crippen molar-refractivity contribution >= 4 is 33.3 Å². The number of hydrogen-bond donors (Lipinski definition) is 1. The number of sulfonamides is 1. The zero-order chi connectivity index (χ0) is 21.0. The maximum atomic E-state index is 12.6. The Hall–Kier alpha value is -2.09. The van der Waals surface area contributed by atoms with Gasteiger partial charge in [0.25, 0.3) is 0 Å². The van der Waals surface area contributed by atoms with Crippen molar-refractivity contribution in [3.8, 4) is 0 Å². The van der Waals surface area contributed by atoms with Crippen LogP contribution in [-0.4, -0.2) is 34.6 Å². The van der Waals surface area contributed by atoms with Crippen molar-refractivity contribution < 1.29 is 17.9 Å². The van der Waals surface area contributed by atoms with Gasteiger partial charge in [-0.3, -0.25) is 0 Å². The molecule has 1 saturated heterocycles. The van der Waals surface area contributed by atoms with Gasteiger partial charge < -0.3 is 9.64 Å². The molecule has 6 nitrogen and oxygen atoms in total. The molecule has 1 aliphatic rings. The SMILES string of the molecule is COC(=O)c1cc(S(=O)(=O)NCc2ccc(N3CCC[C@H](C)C3)cc2)ccc1Cl. The zero-order valence-corrected chi connectivity index (χ0v) is 18.1. The standard InChI is InChI=1S/C21H25ClN2O4S/c1-15-4-3-11-24(14-15)17-7-5-16(6-8-17)13-23-29(26,27)18-9-10-20(22)19(12-18)21(25)28-2/h5-10,12,15,23H,3-4,11,13-14H2,1-2H3/t15-/m0/s1. The fraction of sp³-hybridized carbons (Fsp3) is 0.381. The van der Waals surface area contributed by atoms with Gasteiger partial charge in [0.05, 0.1) is 22.6 Å². The van der Waals surface area contributed by atoms with Crippen LogP contribution < -0.4 is 9.62 Å². The van der Waals surface area contributed by atoms with Crippen LogP contribution in [0.5, 0.6) is 0 Å². The minimum absolute atomic E-state index is 0.0113. The summed E-state index contributed by atoms with van der Waals surface area (Å²) < 4.78 is 32.4. The molecule has 2 aromatic rings. The number of ether oxygens (including phenoxy) is 1. The number of halogens is 1. The van der Waals surface area contributed by atoms with E-state index in [2.05, 4.69) is 21.3 Å². The fourth-order valence-electron chi connectivity index (χ4n) is 3.45. The van der Waals surface area contributed by atoms with Crippen LogP contribution in [0.25, 0.3) is 0 Å². The molecule has 1 N–H and O–H groups in total. The van der Waals surface area contributed by atoms with E-state index in [4.69, 9.17) is 11.6 Å². The molecule has 1 atom stereocenters. The first-order chi connectivity index (χ1) is 13.8. The van der Waals surface area contributed by atoms with Crippen molar-refractivity contribution in [1.29, 1.82) is 0 Å². The Morgan fingerprint density at radius 1 is 1.24 bits per heavy atom. The molecule has 156 valence electrons. The number of piperidine rings is 1. The van der Waals surface area contributed by atoms with E-state index in [-0.39, 0.29) is 22.0 Å². The Bertz CT molecular complexity index is 977. The highest BCUT2D eigenvalue weighted by atomic mass is 35.5. The number of nitrogens with one attached hydrogen (secondary N) is 1. The second kappa shape index (κ2) is 9.15. The number of carbonyl (C=O) groups is 1. The van der Waals surface area contributed by atoms with Crippen molar-refractivity contribution in [2.45, 2.75) is 31.2 Å². The topological polar surface area (TPSA) is 75.7 Å². The summed E-state index contributed by atoms with van der Waals surface area (Å²) in [6.45, 7) is 4.51. The van der Waals surface area contributed by atoms with Gasteiger partial charge in [0, 0.05) is 25.3 Å². The quantitative estimate of drug-likeness (QED) is 0.696. The Morgan fingerprint density at radius 3 is 2.62 bits per heavy atom. The van der Waals surface area contributed by atoms with Gasteiger partial charge in [0.2, 0.25) is 10.0 Å². The van der Waals surface area contributed by atoms with Crippen LogP contribution in [0.4, 0.5) is 5.69 Å². The minimum atomic E-state index is -3.80. The molecule has 0 spiro atoms. The zero-order valence-electron chi connectivity index (χ0n) is 16.5. The predicted octanol–water partition coefficient (Wildman–Crippen LogP) is 3.84. The maximum absolute atomic E-state index is 12.6. The van der Waals surface area contributed by atoms with Crippen molar-refractivity contribution in [3.05, 3.63) is 58.6 Å². The third-order valence-electron chi connectivity index (χ3n) is 5.08. The van der Waals surface area contributed by atoms with Crippen molar-refractivity contribution in [3.63, 3.8) is 0 Å². The van der Waals surface area contributed by atoms with Crippen LogP contribution in [0.3, 0.4) is 0 Å².